The van der Waals surface area contributed by atoms with E-state index in [2.05, 4.69) is 25.5 Å². The summed E-state index contributed by atoms with van der Waals surface area (Å²) in [6.45, 7) is 8.12. The van der Waals surface area contributed by atoms with E-state index in [4.69, 9.17) is 4.52 Å². The van der Waals surface area contributed by atoms with Crippen molar-refractivity contribution in [2.24, 2.45) is 0 Å². The highest BCUT2D eigenvalue weighted by Gasteiger charge is 2.22. The summed E-state index contributed by atoms with van der Waals surface area (Å²) in [5.74, 6) is 0.988. The van der Waals surface area contributed by atoms with Crippen molar-refractivity contribution in [2.45, 2.75) is 39.7 Å². The minimum atomic E-state index is -0.315. The normalized spacial score (nSPS) is 11.5. The van der Waals surface area contributed by atoms with Gasteiger partial charge >= 0.3 is 0 Å². The minimum absolute atomic E-state index is 0.213. The Morgan fingerprint density at radius 1 is 1.12 bits per heavy atom. The lowest BCUT2D eigenvalue weighted by Crippen LogP contribution is -2.23. The second-order valence-corrected chi connectivity index (χ2v) is 8.44. The minimum Gasteiger partial charge on any atom is -0.348 e. The number of benzene rings is 1. The van der Waals surface area contributed by atoms with Gasteiger partial charge in [-0.2, -0.15) is 10.1 Å². The molecule has 0 radical (unpaired) electrons. The number of hydrogen-bond acceptors (Lipinski definition) is 6. The zero-order valence-corrected chi connectivity index (χ0v) is 18.3. The molecule has 4 rings (SSSR count). The molecular weight excluding hydrogens is 411 g/mol. The summed E-state index contributed by atoms with van der Waals surface area (Å²) in [6.07, 6.45) is 3.13. The van der Waals surface area contributed by atoms with Crippen LogP contribution in [0.25, 0.3) is 17.3 Å². The summed E-state index contributed by atoms with van der Waals surface area (Å²) >= 11 is 0. The highest BCUT2D eigenvalue weighted by atomic mass is 19.1. The van der Waals surface area contributed by atoms with E-state index in [1.54, 1.807) is 36.0 Å². The van der Waals surface area contributed by atoms with Crippen LogP contribution in [-0.4, -0.2) is 30.8 Å². The number of hydrogen-bond donors (Lipinski definition) is 1. The number of nitrogens with one attached hydrogen (secondary N) is 1. The lowest BCUT2D eigenvalue weighted by atomic mass is 9.96. The molecule has 1 aromatic carbocycles. The number of pyridine rings is 1. The van der Waals surface area contributed by atoms with E-state index < -0.39 is 0 Å². The van der Waals surface area contributed by atoms with Gasteiger partial charge in [0, 0.05) is 18.2 Å². The summed E-state index contributed by atoms with van der Waals surface area (Å²) < 4.78 is 20.0. The third kappa shape index (κ3) is 4.41. The fourth-order valence-corrected chi connectivity index (χ4v) is 3.03. The summed E-state index contributed by atoms with van der Waals surface area (Å²) in [5, 5.41) is 11.2. The Balaban J connectivity index is 1.48. The van der Waals surface area contributed by atoms with E-state index in [0.29, 0.717) is 34.4 Å². The highest BCUT2D eigenvalue weighted by Crippen LogP contribution is 2.24. The van der Waals surface area contributed by atoms with Gasteiger partial charge in [0.2, 0.25) is 0 Å². The van der Waals surface area contributed by atoms with Crippen LogP contribution in [0.1, 0.15) is 48.2 Å². The van der Waals surface area contributed by atoms with Gasteiger partial charge in [0.05, 0.1) is 23.0 Å². The molecule has 0 bridgehead atoms. The van der Waals surface area contributed by atoms with Crippen molar-refractivity contribution in [3.63, 3.8) is 0 Å². The van der Waals surface area contributed by atoms with E-state index >= 15 is 0 Å². The molecule has 0 atom stereocenters. The van der Waals surface area contributed by atoms with Crippen LogP contribution >= 0.6 is 0 Å². The first-order chi connectivity index (χ1) is 15.2. The maximum absolute atomic E-state index is 13.0. The van der Waals surface area contributed by atoms with Crippen molar-refractivity contribution in [3.8, 4) is 17.3 Å². The first kappa shape index (κ1) is 21.4. The molecule has 0 saturated carbocycles. The zero-order valence-electron chi connectivity index (χ0n) is 18.3. The second-order valence-electron chi connectivity index (χ2n) is 8.44. The number of halogens is 1. The molecule has 0 aliphatic rings. The van der Waals surface area contributed by atoms with Crippen molar-refractivity contribution in [2.75, 3.05) is 0 Å². The molecule has 0 unspecified atom stereocenters. The zero-order chi connectivity index (χ0) is 22.9. The van der Waals surface area contributed by atoms with Crippen LogP contribution < -0.4 is 5.32 Å². The predicted molar refractivity (Wildman–Crippen MR) is 116 cm³/mol. The van der Waals surface area contributed by atoms with Crippen molar-refractivity contribution < 1.29 is 13.7 Å². The number of carbonyl (C=O) groups is 1. The monoisotopic (exact) mass is 434 g/mol. The topological polar surface area (TPSA) is 98.7 Å². The molecule has 164 valence electrons. The van der Waals surface area contributed by atoms with Crippen LogP contribution in [-0.2, 0) is 12.0 Å². The van der Waals surface area contributed by atoms with Crippen LogP contribution in [0.4, 0.5) is 4.39 Å². The molecule has 3 aromatic heterocycles. The molecule has 8 nitrogen and oxygen atoms in total. The quantitative estimate of drug-likeness (QED) is 0.510. The van der Waals surface area contributed by atoms with Gasteiger partial charge in [0.1, 0.15) is 5.82 Å². The van der Waals surface area contributed by atoms with Crippen LogP contribution in [0.3, 0.4) is 0 Å². The largest absolute Gasteiger partial charge is 0.348 e. The summed E-state index contributed by atoms with van der Waals surface area (Å²) in [6, 6.07) is 9.57. The number of aromatic nitrogens is 5. The fraction of sp³-hybridized carbons (Fsp3) is 0.261. The summed E-state index contributed by atoms with van der Waals surface area (Å²) in [4.78, 5) is 21.5. The van der Waals surface area contributed by atoms with Gasteiger partial charge in [0.15, 0.2) is 11.6 Å². The Morgan fingerprint density at radius 2 is 1.88 bits per heavy atom. The van der Waals surface area contributed by atoms with Crippen LogP contribution in [0, 0.1) is 12.7 Å². The molecule has 9 heteroatoms. The van der Waals surface area contributed by atoms with Crippen LogP contribution in [0.15, 0.2) is 53.3 Å². The van der Waals surface area contributed by atoms with Crippen molar-refractivity contribution in [3.05, 3.63) is 77.3 Å². The number of nitrogens with zero attached hydrogens (tertiary/aromatic N) is 5. The molecule has 0 saturated heterocycles. The van der Waals surface area contributed by atoms with Gasteiger partial charge < -0.3 is 9.84 Å². The Morgan fingerprint density at radius 3 is 2.50 bits per heavy atom. The third-order valence-corrected chi connectivity index (χ3v) is 4.93. The number of amides is 1. The van der Waals surface area contributed by atoms with E-state index in [-0.39, 0.29) is 23.7 Å². The first-order valence-corrected chi connectivity index (χ1v) is 10.1. The first-order valence-electron chi connectivity index (χ1n) is 10.1. The van der Waals surface area contributed by atoms with Crippen molar-refractivity contribution in [1.29, 1.82) is 0 Å². The Bertz CT molecular complexity index is 1240. The molecule has 0 fully saturated rings. The van der Waals surface area contributed by atoms with E-state index in [1.165, 1.54) is 18.3 Å². The molecule has 1 amide bonds. The van der Waals surface area contributed by atoms with E-state index in [0.717, 1.165) is 5.56 Å². The van der Waals surface area contributed by atoms with Crippen molar-refractivity contribution >= 4 is 5.91 Å². The average Bonchev–Trinajstić information content (AvgIpc) is 3.41. The lowest BCUT2D eigenvalue weighted by Gasteiger charge is -2.10. The van der Waals surface area contributed by atoms with Crippen LogP contribution in [0.5, 0.6) is 0 Å². The maximum atomic E-state index is 13.0. The standard InChI is InChI=1S/C23H23FN6O2/c1-14-18(20(31)26-11-15-5-8-17(24)9-6-15)13-27-30(14)19-10-7-16(12-25-19)21-28-22(29-32-21)23(2,3)4/h5-10,12-13H,11H2,1-4H3,(H,26,31). The van der Waals surface area contributed by atoms with Gasteiger partial charge in [-0.1, -0.05) is 38.1 Å². The average molecular weight is 434 g/mol. The fourth-order valence-electron chi connectivity index (χ4n) is 3.03. The molecule has 3 heterocycles. The Kier molecular flexibility index (Phi) is 5.56. The highest BCUT2D eigenvalue weighted by molar-refractivity contribution is 5.95. The van der Waals surface area contributed by atoms with Gasteiger partial charge in [-0.05, 0) is 36.8 Å². The molecule has 4 aromatic rings. The smallest absolute Gasteiger partial charge is 0.259 e. The van der Waals surface area contributed by atoms with Gasteiger partial charge in [0.25, 0.3) is 11.8 Å². The number of rotatable bonds is 5. The maximum Gasteiger partial charge on any atom is 0.259 e. The van der Waals surface area contributed by atoms with E-state index in [1.807, 2.05) is 26.8 Å². The van der Waals surface area contributed by atoms with Gasteiger partial charge in [-0.25, -0.2) is 14.1 Å². The SMILES string of the molecule is Cc1c(C(=O)NCc2ccc(F)cc2)cnn1-c1ccc(-c2nc(C(C)(C)C)no2)cn1. The Labute approximate surface area is 184 Å². The number of carbonyl (C=O) groups excluding carboxylic acids is 1. The van der Waals surface area contributed by atoms with Crippen LogP contribution in [0.2, 0.25) is 0 Å². The van der Waals surface area contributed by atoms with Gasteiger partial charge in [-0.15, -0.1) is 0 Å². The molecule has 0 aliphatic heterocycles. The Hall–Kier alpha value is -3.88. The molecule has 0 aliphatic carbocycles. The third-order valence-electron chi connectivity index (χ3n) is 4.93. The van der Waals surface area contributed by atoms with Gasteiger partial charge in [-0.3, -0.25) is 4.79 Å². The molecule has 32 heavy (non-hydrogen) atoms. The van der Waals surface area contributed by atoms with Crippen molar-refractivity contribution in [1.82, 2.24) is 30.2 Å². The summed E-state index contributed by atoms with van der Waals surface area (Å²) in [5.41, 5.74) is 2.37. The molecule has 0 spiro atoms. The predicted octanol–water partition coefficient (Wildman–Crippen LogP) is 3.99. The molecule has 1 N–H and O–H groups in total. The lowest BCUT2D eigenvalue weighted by molar-refractivity contribution is 0.0950. The van der Waals surface area contributed by atoms with E-state index in [9.17, 15) is 9.18 Å². The summed E-state index contributed by atoms with van der Waals surface area (Å²) in [7, 11) is 0. The second kappa shape index (κ2) is 8.33. The molecular formula is C23H23FN6O2.